The lowest BCUT2D eigenvalue weighted by Crippen LogP contribution is -2.05. The Balaban J connectivity index is 3.64. The van der Waals surface area contributed by atoms with Gasteiger partial charge in [0.1, 0.15) is 0 Å². The third-order valence-corrected chi connectivity index (χ3v) is 1.89. The Morgan fingerprint density at radius 2 is 1.00 bits per heavy atom. The molecule has 0 atom stereocenters. The van der Waals surface area contributed by atoms with Gasteiger partial charge in [-0.2, -0.15) is 14.7 Å². The van der Waals surface area contributed by atoms with Crippen LogP contribution in [0.2, 0.25) is 0 Å². The molecule has 0 rings (SSSR count). The van der Waals surface area contributed by atoms with Crippen molar-refractivity contribution in [3.05, 3.63) is 14.7 Å². The topological polar surface area (TPSA) is 88.3 Å². The quantitative estimate of drug-likeness (QED) is 0.517. The molecule has 6 heteroatoms. The molecule has 0 amide bonds. The van der Waals surface area contributed by atoms with Crippen LogP contribution >= 0.6 is 0 Å². The fraction of sp³-hybridized carbons (Fsp3) is 1.00. The van der Waals surface area contributed by atoms with Crippen LogP contribution in [0.4, 0.5) is 0 Å². The van der Waals surface area contributed by atoms with Crippen molar-refractivity contribution in [2.75, 3.05) is 19.6 Å². The van der Waals surface area contributed by atoms with Crippen LogP contribution in [0, 0.1) is 20.6 Å². The van der Waals surface area contributed by atoms with Crippen LogP contribution in [0.25, 0.3) is 0 Å². The standard InChI is InChI=1S/C7H13N3O3/c11-8-4-1-7(2-5-9-12)3-6-10-13/h7H,1-6H2. The van der Waals surface area contributed by atoms with Crippen molar-refractivity contribution in [1.82, 2.24) is 0 Å². The Kier molecular flexibility index (Phi) is 8.07. The van der Waals surface area contributed by atoms with Crippen LogP contribution < -0.4 is 0 Å². The summed E-state index contributed by atoms with van der Waals surface area (Å²) in [5.74, 6) is 0.160. The second kappa shape index (κ2) is 8.89. The van der Waals surface area contributed by atoms with Crippen molar-refractivity contribution in [3.63, 3.8) is 0 Å². The highest BCUT2D eigenvalue weighted by Gasteiger charge is 2.08. The van der Waals surface area contributed by atoms with Gasteiger partial charge < -0.3 is 0 Å². The highest BCUT2D eigenvalue weighted by atomic mass is 16.3. The molecule has 0 aliphatic heterocycles. The molecule has 0 aliphatic rings. The van der Waals surface area contributed by atoms with Crippen molar-refractivity contribution in [2.45, 2.75) is 19.3 Å². The fourth-order valence-corrected chi connectivity index (χ4v) is 1.14. The molecule has 0 fully saturated rings. The molecule has 0 saturated carbocycles. The van der Waals surface area contributed by atoms with Gasteiger partial charge in [-0.15, -0.1) is 0 Å². The summed E-state index contributed by atoms with van der Waals surface area (Å²) in [6, 6.07) is 0. The van der Waals surface area contributed by atoms with E-state index in [1.54, 1.807) is 0 Å². The first kappa shape index (κ1) is 11.8. The Hall–Kier alpha value is -1.20. The second-order valence-corrected chi connectivity index (χ2v) is 2.79. The van der Waals surface area contributed by atoms with Crippen LogP contribution in [0.5, 0.6) is 0 Å². The molecule has 0 saturated heterocycles. The van der Waals surface area contributed by atoms with Gasteiger partial charge in [-0.25, -0.2) is 0 Å². The summed E-state index contributed by atoms with van der Waals surface area (Å²) >= 11 is 0. The smallest absolute Gasteiger partial charge is 0.0813 e. The van der Waals surface area contributed by atoms with Gasteiger partial charge in [0.15, 0.2) is 0 Å². The van der Waals surface area contributed by atoms with Crippen LogP contribution in [-0.4, -0.2) is 19.6 Å². The highest BCUT2D eigenvalue weighted by molar-refractivity contribution is 4.63. The van der Waals surface area contributed by atoms with Crippen LogP contribution in [0.3, 0.4) is 0 Å². The van der Waals surface area contributed by atoms with Crippen LogP contribution in [0.15, 0.2) is 15.5 Å². The van der Waals surface area contributed by atoms with Crippen molar-refractivity contribution in [3.8, 4) is 0 Å². The third kappa shape index (κ3) is 7.17. The Labute approximate surface area is 76.0 Å². The summed E-state index contributed by atoms with van der Waals surface area (Å²) in [7, 11) is 0. The normalized spacial score (nSPS) is 9.92. The molecular weight excluding hydrogens is 174 g/mol. The summed E-state index contributed by atoms with van der Waals surface area (Å²) in [6.07, 6.45) is 1.82. The van der Waals surface area contributed by atoms with Gasteiger partial charge in [0.2, 0.25) is 0 Å². The van der Waals surface area contributed by atoms with Crippen molar-refractivity contribution >= 4 is 0 Å². The molecule has 0 N–H and O–H groups in total. The lowest BCUT2D eigenvalue weighted by atomic mass is 9.98. The first-order chi connectivity index (χ1) is 6.35. The zero-order valence-corrected chi connectivity index (χ0v) is 7.39. The Morgan fingerprint density at radius 1 is 0.692 bits per heavy atom. The van der Waals surface area contributed by atoms with Gasteiger partial charge in [-0.05, 0) is 25.2 Å². The van der Waals surface area contributed by atoms with Gasteiger partial charge in [0.05, 0.1) is 19.6 Å². The largest absolute Gasteiger partial charge is 0.151 e. The van der Waals surface area contributed by atoms with E-state index in [1.165, 1.54) is 0 Å². The van der Waals surface area contributed by atoms with E-state index < -0.39 is 0 Å². The highest BCUT2D eigenvalue weighted by Crippen LogP contribution is 2.13. The maximum Gasteiger partial charge on any atom is 0.0813 e. The van der Waals surface area contributed by atoms with Crippen LogP contribution in [0.1, 0.15) is 19.3 Å². The van der Waals surface area contributed by atoms with Gasteiger partial charge in [0, 0.05) is 0 Å². The number of nitroso groups, excluding NO2 is 3. The Morgan fingerprint density at radius 3 is 1.23 bits per heavy atom. The number of rotatable bonds is 9. The first-order valence-electron chi connectivity index (χ1n) is 4.22. The average Bonchev–Trinajstić information content (AvgIpc) is 2.17. The van der Waals surface area contributed by atoms with E-state index in [2.05, 4.69) is 15.5 Å². The van der Waals surface area contributed by atoms with Crippen molar-refractivity contribution in [2.24, 2.45) is 21.4 Å². The molecule has 74 valence electrons. The minimum atomic E-state index is 0.160. The minimum Gasteiger partial charge on any atom is -0.151 e. The van der Waals surface area contributed by atoms with Gasteiger partial charge >= 0.3 is 0 Å². The van der Waals surface area contributed by atoms with E-state index in [4.69, 9.17) is 0 Å². The van der Waals surface area contributed by atoms with E-state index in [0.29, 0.717) is 19.3 Å². The van der Waals surface area contributed by atoms with Crippen LogP contribution in [-0.2, 0) is 0 Å². The SMILES string of the molecule is O=NCCC(CCN=O)CCN=O. The minimum absolute atomic E-state index is 0.160. The molecule has 0 aromatic carbocycles. The van der Waals surface area contributed by atoms with E-state index in [9.17, 15) is 14.7 Å². The number of hydrogen-bond acceptors (Lipinski definition) is 6. The lowest BCUT2D eigenvalue weighted by molar-refractivity contribution is 0.437. The second-order valence-electron chi connectivity index (χ2n) is 2.79. The van der Waals surface area contributed by atoms with E-state index in [-0.39, 0.29) is 25.6 Å². The monoisotopic (exact) mass is 187 g/mol. The average molecular weight is 187 g/mol. The Bertz CT molecular complexity index is 135. The zero-order chi connectivity index (χ0) is 9.94. The molecular formula is C7H13N3O3. The number of hydrogen-bond donors (Lipinski definition) is 0. The molecule has 0 aliphatic carbocycles. The van der Waals surface area contributed by atoms with E-state index in [0.717, 1.165) is 0 Å². The van der Waals surface area contributed by atoms with Gasteiger partial charge in [-0.1, -0.05) is 15.5 Å². The molecule has 0 aromatic heterocycles. The molecule has 13 heavy (non-hydrogen) atoms. The molecule has 0 bridgehead atoms. The number of nitrogens with zero attached hydrogens (tertiary/aromatic N) is 3. The lowest BCUT2D eigenvalue weighted by Gasteiger charge is -2.10. The van der Waals surface area contributed by atoms with Gasteiger partial charge in [-0.3, -0.25) is 0 Å². The predicted octanol–water partition coefficient (Wildman–Crippen LogP) is 2.07. The summed E-state index contributed by atoms with van der Waals surface area (Å²) < 4.78 is 0. The first-order valence-corrected chi connectivity index (χ1v) is 4.22. The summed E-state index contributed by atoms with van der Waals surface area (Å²) in [4.78, 5) is 29.5. The molecule has 0 unspecified atom stereocenters. The van der Waals surface area contributed by atoms with E-state index in [1.807, 2.05) is 0 Å². The van der Waals surface area contributed by atoms with Crippen molar-refractivity contribution < 1.29 is 0 Å². The maximum atomic E-state index is 9.84. The fourth-order valence-electron chi connectivity index (χ4n) is 1.14. The van der Waals surface area contributed by atoms with E-state index >= 15 is 0 Å². The molecule has 6 nitrogen and oxygen atoms in total. The zero-order valence-electron chi connectivity index (χ0n) is 7.39. The third-order valence-electron chi connectivity index (χ3n) is 1.89. The molecule has 0 radical (unpaired) electrons. The molecule has 0 aromatic rings. The van der Waals surface area contributed by atoms with Crippen molar-refractivity contribution in [1.29, 1.82) is 0 Å². The predicted molar refractivity (Wildman–Crippen MR) is 49.3 cm³/mol. The summed E-state index contributed by atoms with van der Waals surface area (Å²) in [5, 5.41) is 8.17. The summed E-state index contributed by atoms with van der Waals surface area (Å²) in [5.41, 5.74) is 0. The molecule has 0 spiro atoms. The summed E-state index contributed by atoms with van der Waals surface area (Å²) in [6.45, 7) is 0.674. The molecule has 0 heterocycles. The van der Waals surface area contributed by atoms with Gasteiger partial charge in [0.25, 0.3) is 0 Å². The maximum absolute atomic E-state index is 9.84.